The van der Waals surface area contributed by atoms with Gasteiger partial charge in [0.15, 0.2) is 0 Å². The predicted octanol–water partition coefficient (Wildman–Crippen LogP) is 2.50. The summed E-state index contributed by atoms with van der Waals surface area (Å²) in [6, 6.07) is 9.53. The average Bonchev–Trinajstić information content (AvgIpc) is 2.43. The molecule has 0 unspecified atom stereocenters. The van der Waals surface area contributed by atoms with Crippen molar-refractivity contribution in [2.45, 2.75) is 6.42 Å². The third kappa shape index (κ3) is 3.53. The molecule has 2 aromatic carbocycles. The normalized spacial score (nSPS) is 10.1. The van der Waals surface area contributed by atoms with Crippen molar-refractivity contribution in [2.75, 3.05) is 11.1 Å². The summed E-state index contributed by atoms with van der Waals surface area (Å²) in [6.45, 7) is 0. The summed E-state index contributed by atoms with van der Waals surface area (Å²) in [5, 5.41) is 13.3. The fourth-order valence-electron chi connectivity index (χ4n) is 1.84. The van der Waals surface area contributed by atoms with Crippen molar-refractivity contribution in [3.05, 3.63) is 64.0 Å². The van der Waals surface area contributed by atoms with Gasteiger partial charge < -0.3 is 11.1 Å². The van der Waals surface area contributed by atoms with Gasteiger partial charge in [-0.2, -0.15) is 0 Å². The molecule has 0 aliphatic heterocycles. The van der Waals surface area contributed by atoms with Crippen LogP contribution >= 0.6 is 0 Å². The average molecular weight is 289 g/mol. The quantitative estimate of drug-likeness (QED) is 0.513. The van der Waals surface area contributed by atoms with Crippen LogP contribution in [0.1, 0.15) is 5.56 Å². The molecule has 0 fully saturated rings. The van der Waals surface area contributed by atoms with Crippen LogP contribution < -0.4 is 11.1 Å². The molecule has 0 saturated heterocycles. The largest absolute Gasteiger partial charge is 0.397 e. The van der Waals surface area contributed by atoms with Crippen LogP contribution in [0.15, 0.2) is 42.5 Å². The lowest BCUT2D eigenvalue weighted by atomic mass is 10.1. The second kappa shape index (κ2) is 6.00. The first kappa shape index (κ1) is 14.4. The maximum Gasteiger partial charge on any atom is 0.273 e. The minimum atomic E-state index is -0.556. The Morgan fingerprint density at radius 3 is 2.71 bits per heavy atom. The SMILES string of the molecule is Nc1ccc(F)cc1NC(=O)Cc1ccccc1[N+](=O)[O-]. The summed E-state index contributed by atoms with van der Waals surface area (Å²) in [5.74, 6) is -1.05. The fourth-order valence-corrected chi connectivity index (χ4v) is 1.84. The molecule has 3 N–H and O–H groups in total. The zero-order valence-electron chi connectivity index (χ0n) is 10.9. The molecule has 6 nitrogen and oxygen atoms in total. The molecule has 0 heterocycles. The van der Waals surface area contributed by atoms with Crippen molar-refractivity contribution in [1.82, 2.24) is 0 Å². The number of nitro benzene ring substituents is 1. The Morgan fingerprint density at radius 1 is 1.29 bits per heavy atom. The van der Waals surface area contributed by atoms with Gasteiger partial charge in [0.1, 0.15) is 5.82 Å². The molecule has 0 aromatic heterocycles. The number of hydrogen-bond acceptors (Lipinski definition) is 4. The number of nitrogen functional groups attached to an aromatic ring is 1. The second-order valence-corrected chi connectivity index (χ2v) is 4.34. The Bertz CT molecular complexity index is 704. The van der Waals surface area contributed by atoms with Crippen molar-refractivity contribution in [3.63, 3.8) is 0 Å². The van der Waals surface area contributed by atoms with Crippen molar-refractivity contribution in [2.24, 2.45) is 0 Å². The maximum absolute atomic E-state index is 13.1. The van der Waals surface area contributed by atoms with Gasteiger partial charge in [-0.05, 0) is 18.2 Å². The van der Waals surface area contributed by atoms with Gasteiger partial charge >= 0.3 is 0 Å². The van der Waals surface area contributed by atoms with Crippen LogP contribution in [0.25, 0.3) is 0 Å². The lowest BCUT2D eigenvalue weighted by Crippen LogP contribution is -2.16. The predicted molar refractivity (Wildman–Crippen MR) is 76.2 cm³/mol. The molecule has 0 atom stereocenters. The van der Waals surface area contributed by atoms with Crippen LogP contribution in [0.2, 0.25) is 0 Å². The van der Waals surface area contributed by atoms with Gasteiger partial charge in [-0.25, -0.2) is 4.39 Å². The first-order valence-electron chi connectivity index (χ1n) is 6.04. The van der Waals surface area contributed by atoms with Gasteiger partial charge in [0.25, 0.3) is 5.69 Å². The number of anilines is 2. The number of nitrogens with two attached hydrogens (primary N) is 1. The van der Waals surface area contributed by atoms with Crippen LogP contribution in [-0.4, -0.2) is 10.8 Å². The van der Waals surface area contributed by atoms with E-state index in [1.54, 1.807) is 6.07 Å². The number of nitro groups is 1. The van der Waals surface area contributed by atoms with E-state index < -0.39 is 16.6 Å². The third-order valence-corrected chi connectivity index (χ3v) is 2.83. The number of hydrogen-bond donors (Lipinski definition) is 2. The van der Waals surface area contributed by atoms with Crippen LogP contribution in [0.5, 0.6) is 0 Å². The van der Waals surface area contributed by atoms with E-state index in [0.717, 1.165) is 6.07 Å². The van der Waals surface area contributed by atoms with Gasteiger partial charge in [-0.15, -0.1) is 0 Å². The molecule has 0 bridgehead atoms. The van der Waals surface area contributed by atoms with E-state index in [1.165, 1.54) is 30.3 Å². The smallest absolute Gasteiger partial charge is 0.273 e. The molecule has 1 amide bonds. The highest BCUT2D eigenvalue weighted by Crippen LogP contribution is 2.21. The van der Waals surface area contributed by atoms with E-state index in [1.807, 2.05) is 0 Å². The second-order valence-electron chi connectivity index (χ2n) is 4.34. The zero-order valence-corrected chi connectivity index (χ0v) is 10.9. The Balaban J connectivity index is 2.16. The van der Waals surface area contributed by atoms with E-state index in [0.29, 0.717) is 0 Å². The monoisotopic (exact) mass is 289 g/mol. The summed E-state index contributed by atoms with van der Waals surface area (Å²) in [7, 11) is 0. The van der Waals surface area contributed by atoms with E-state index in [2.05, 4.69) is 5.32 Å². The fraction of sp³-hybridized carbons (Fsp3) is 0.0714. The number of benzene rings is 2. The molecule has 0 radical (unpaired) electrons. The molecular weight excluding hydrogens is 277 g/mol. The lowest BCUT2D eigenvalue weighted by Gasteiger charge is -2.08. The van der Waals surface area contributed by atoms with Crippen LogP contribution in [0.3, 0.4) is 0 Å². The number of amides is 1. The molecule has 2 aromatic rings. The Labute approximate surface area is 119 Å². The third-order valence-electron chi connectivity index (χ3n) is 2.83. The van der Waals surface area contributed by atoms with E-state index in [-0.39, 0.29) is 29.0 Å². The minimum Gasteiger partial charge on any atom is -0.397 e. The summed E-state index contributed by atoms with van der Waals surface area (Å²) in [5.41, 5.74) is 6.11. The van der Waals surface area contributed by atoms with Crippen LogP contribution in [0.4, 0.5) is 21.5 Å². The Kier molecular flexibility index (Phi) is 4.13. The summed E-state index contributed by atoms with van der Waals surface area (Å²) in [6.07, 6.45) is -0.201. The van der Waals surface area contributed by atoms with Gasteiger partial charge in [0, 0.05) is 11.6 Å². The molecule has 0 aliphatic carbocycles. The Morgan fingerprint density at radius 2 is 2.00 bits per heavy atom. The Hall–Kier alpha value is -2.96. The van der Waals surface area contributed by atoms with Crippen molar-refractivity contribution >= 4 is 23.0 Å². The first-order chi connectivity index (χ1) is 9.97. The highest BCUT2D eigenvalue weighted by Gasteiger charge is 2.16. The van der Waals surface area contributed by atoms with E-state index >= 15 is 0 Å². The number of halogens is 1. The molecule has 0 spiro atoms. The zero-order chi connectivity index (χ0) is 15.4. The highest BCUT2D eigenvalue weighted by atomic mass is 19.1. The van der Waals surface area contributed by atoms with Gasteiger partial charge in [-0.3, -0.25) is 14.9 Å². The standard InChI is InChI=1S/C14H12FN3O3/c15-10-5-6-11(16)12(8-10)17-14(19)7-9-3-1-2-4-13(9)18(20)21/h1-6,8H,7,16H2,(H,17,19). The molecule has 7 heteroatoms. The van der Waals surface area contributed by atoms with Gasteiger partial charge in [0.05, 0.1) is 22.7 Å². The van der Waals surface area contributed by atoms with Crippen LogP contribution in [0, 0.1) is 15.9 Å². The highest BCUT2D eigenvalue weighted by molar-refractivity contribution is 5.95. The number of nitrogens with one attached hydrogen (secondary N) is 1. The first-order valence-corrected chi connectivity index (χ1v) is 6.04. The van der Waals surface area contributed by atoms with Gasteiger partial charge in [-0.1, -0.05) is 18.2 Å². The molecule has 0 saturated carbocycles. The molecular formula is C14H12FN3O3. The topological polar surface area (TPSA) is 98.3 Å². The van der Waals surface area contributed by atoms with Crippen molar-refractivity contribution in [3.8, 4) is 0 Å². The molecule has 0 aliphatic rings. The van der Waals surface area contributed by atoms with Crippen molar-refractivity contribution in [1.29, 1.82) is 0 Å². The minimum absolute atomic E-state index is 0.138. The summed E-state index contributed by atoms with van der Waals surface area (Å²) >= 11 is 0. The number of para-hydroxylation sites is 1. The maximum atomic E-state index is 13.1. The number of carbonyl (C=O) groups is 1. The molecule has 108 valence electrons. The molecule has 2 rings (SSSR count). The lowest BCUT2D eigenvalue weighted by molar-refractivity contribution is -0.385. The number of rotatable bonds is 4. The van der Waals surface area contributed by atoms with E-state index in [4.69, 9.17) is 5.73 Å². The summed E-state index contributed by atoms with van der Waals surface area (Å²) in [4.78, 5) is 22.2. The van der Waals surface area contributed by atoms with Crippen LogP contribution in [-0.2, 0) is 11.2 Å². The van der Waals surface area contributed by atoms with Crippen molar-refractivity contribution < 1.29 is 14.1 Å². The summed E-state index contributed by atoms with van der Waals surface area (Å²) < 4.78 is 13.1. The number of carbonyl (C=O) groups excluding carboxylic acids is 1. The van der Waals surface area contributed by atoms with Gasteiger partial charge in [0.2, 0.25) is 5.91 Å². The molecule has 21 heavy (non-hydrogen) atoms. The van der Waals surface area contributed by atoms with E-state index in [9.17, 15) is 19.3 Å². The number of nitrogens with zero attached hydrogens (tertiary/aromatic N) is 1.